The van der Waals surface area contributed by atoms with Crippen molar-refractivity contribution in [2.45, 2.75) is 19.3 Å². The van der Waals surface area contributed by atoms with E-state index in [1.54, 1.807) is 35.2 Å². The van der Waals surface area contributed by atoms with E-state index in [0.717, 1.165) is 12.0 Å². The van der Waals surface area contributed by atoms with Crippen molar-refractivity contribution in [2.75, 3.05) is 26.2 Å². The number of likely N-dealkylation sites (tertiary alicyclic amines) is 1. The summed E-state index contributed by atoms with van der Waals surface area (Å²) in [7, 11) is 0. The Morgan fingerprint density at radius 3 is 2.81 bits per heavy atom. The minimum atomic E-state index is -0.340. The molecule has 0 unspecified atom stereocenters. The van der Waals surface area contributed by atoms with E-state index in [2.05, 4.69) is 5.32 Å². The maximum Gasteiger partial charge on any atom is 0.255 e. The summed E-state index contributed by atoms with van der Waals surface area (Å²) in [4.78, 5) is 26.5. The molecule has 142 valence electrons. The van der Waals surface area contributed by atoms with Crippen LogP contribution in [0.5, 0.6) is 5.75 Å². The average molecular weight is 370 g/mol. The molecule has 6 heteroatoms. The monoisotopic (exact) mass is 370 g/mol. The molecule has 0 saturated carbocycles. The van der Waals surface area contributed by atoms with Gasteiger partial charge in [-0.1, -0.05) is 24.3 Å². The lowest BCUT2D eigenvalue weighted by Gasteiger charge is -2.17. The summed E-state index contributed by atoms with van der Waals surface area (Å²) in [5.41, 5.74) is 1.31. The third-order valence-corrected chi connectivity index (χ3v) is 4.69. The molecule has 5 nitrogen and oxygen atoms in total. The standard InChI is InChI=1S/C21H23FN2O3/c1-2-27-19-9-4-3-8-18(19)21(26)23-13-20(25)24-11-10-16(14-24)15-6-5-7-17(22)12-15/h3-9,12,16H,2,10-11,13-14H2,1H3,(H,23,26)/t16-/m0/s1. The first-order valence-electron chi connectivity index (χ1n) is 9.11. The highest BCUT2D eigenvalue weighted by Gasteiger charge is 2.27. The molecule has 0 aliphatic carbocycles. The number of nitrogens with zero attached hydrogens (tertiary/aromatic N) is 1. The number of carbonyl (C=O) groups is 2. The Hall–Kier alpha value is -2.89. The molecule has 1 aliphatic rings. The molecule has 2 aromatic carbocycles. The summed E-state index contributed by atoms with van der Waals surface area (Å²) < 4.78 is 18.8. The number of hydrogen-bond acceptors (Lipinski definition) is 3. The second-order valence-corrected chi connectivity index (χ2v) is 6.49. The lowest BCUT2D eigenvalue weighted by molar-refractivity contribution is -0.129. The third kappa shape index (κ3) is 4.64. The van der Waals surface area contributed by atoms with Crippen molar-refractivity contribution in [3.05, 3.63) is 65.5 Å². The molecular weight excluding hydrogens is 347 g/mol. The first-order valence-corrected chi connectivity index (χ1v) is 9.11. The van der Waals surface area contributed by atoms with Gasteiger partial charge in [-0.25, -0.2) is 4.39 Å². The third-order valence-electron chi connectivity index (χ3n) is 4.69. The van der Waals surface area contributed by atoms with Crippen LogP contribution in [0.4, 0.5) is 4.39 Å². The van der Waals surface area contributed by atoms with Crippen LogP contribution in [0.25, 0.3) is 0 Å². The van der Waals surface area contributed by atoms with E-state index in [4.69, 9.17) is 4.74 Å². The number of nitrogens with one attached hydrogen (secondary N) is 1. The molecule has 2 amide bonds. The van der Waals surface area contributed by atoms with Crippen molar-refractivity contribution in [1.29, 1.82) is 0 Å². The highest BCUT2D eigenvalue weighted by Crippen LogP contribution is 2.27. The molecule has 2 aromatic rings. The van der Waals surface area contributed by atoms with Crippen LogP contribution < -0.4 is 10.1 Å². The van der Waals surface area contributed by atoms with Crippen LogP contribution in [-0.4, -0.2) is 43.0 Å². The highest BCUT2D eigenvalue weighted by atomic mass is 19.1. The van der Waals surface area contributed by atoms with Crippen molar-refractivity contribution in [3.63, 3.8) is 0 Å². The number of rotatable bonds is 6. The molecule has 1 N–H and O–H groups in total. The summed E-state index contributed by atoms with van der Waals surface area (Å²) in [6, 6.07) is 13.4. The van der Waals surface area contributed by atoms with Gasteiger partial charge >= 0.3 is 0 Å². The van der Waals surface area contributed by atoms with Crippen molar-refractivity contribution in [3.8, 4) is 5.75 Å². The van der Waals surface area contributed by atoms with E-state index in [0.29, 0.717) is 31.0 Å². The number of amides is 2. The fourth-order valence-electron chi connectivity index (χ4n) is 3.32. The summed E-state index contributed by atoms with van der Waals surface area (Å²) in [5, 5.41) is 2.67. The predicted molar refractivity (Wildman–Crippen MR) is 100 cm³/mol. The zero-order valence-corrected chi connectivity index (χ0v) is 15.3. The lowest BCUT2D eigenvalue weighted by atomic mass is 9.98. The fraction of sp³-hybridized carbons (Fsp3) is 0.333. The Morgan fingerprint density at radius 2 is 2.04 bits per heavy atom. The molecule has 0 spiro atoms. The first-order chi connectivity index (χ1) is 13.1. The maximum atomic E-state index is 13.4. The summed E-state index contributed by atoms with van der Waals surface area (Å²) >= 11 is 0. The largest absolute Gasteiger partial charge is 0.493 e. The summed E-state index contributed by atoms with van der Waals surface area (Å²) in [6.07, 6.45) is 0.788. The van der Waals surface area contributed by atoms with Crippen LogP contribution in [0.1, 0.15) is 35.2 Å². The van der Waals surface area contributed by atoms with E-state index in [-0.39, 0.29) is 30.1 Å². The normalized spacial score (nSPS) is 16.2. The van der Waals surface area contributed by atoms with Gasteiger partial charge in [-0.2, -0.15) is 0 Å². The van der Waals surface area contributed by atoms with Gasteiger partial charge in [0.25, 0.3) is 5.91 Å². The van der Waals surface area contributed by atoms with Gasteiger partial charge in [0, 0.05) is 19.0 Å². The number of ether oxygens (including phenoxy) is 1. The van der Waals surface area contributed by atoms with Crippen molar-refractivity contribution >= 4 is 11.8 Å². The van der Waals surface area contributed by atoms with Gasteiger partial charge in [-0.3, -0.25) is 9.59 Å². The van der Waals surface area contributed by atoms with Gasteiger partial charge in [0.2, 0.25) is 5.91 Å². The van der Waals surface area contributed by atoms with E-state index < -0.39 is 0 Å². The Balaban J connectivity index is 1.55. The highest BCUT2D eigenvalue weighted by molar-refractivity contribution is 5.98. The maximum absolute atomic E-state index is 13.4. The molecule has 3 rings (SSSR count). The Labute approximate surface area is 158 Å². The van der Waals surface area contributed by atoms with Crippen LogP contribution >= 0.6 is 0 Å². The molecule has 0 bridgehead atoms. The lowest BCUT2D eigenvalue weighted by Crippen LogP contribution is -2.39. The number of halogens is 1. The van der Waals surface area contributed by atoms with Crippen LogP contribution in [0.3, 0.4) is 0 Å². The molecule has 1 fully saturated rings. The van der Waals surface area contributed by atoms with Crippen molar-refractivity contribution < 1.29 is 18.7 Å². The average Bonchev–Trinajstić information content (AvgIpc) is 3.17. The number of para-hydroxylation sites is 1. The zero-order chi connectivity index (χ0) is 19.2. The van der Waals surface area contributed by atoms with Gasteiger partial charge in [0.1, 0.15) is 11.6 Å². The smallest absolute Gasteiger partial charge is 0.255 e. The van der Waals surface area contributed by atoms with E-state index >= 15 is 0 Å². The van der Waals surface area contributed by atoms with Crippen molar-refractivity contribution in [2.24, 2.45) is 0 Å². The second-order valence-electron chi connectivity index (χ2n) is 6.49. The van der Waals surface area contributed by atoms with Crippen molar-refractivity contribution in [1.82, 2.24) is 10.2 Å². The molecule has 1 aliphatic heterocycles. The van der Waals surface area contributed by atoms with E-state index in [1.165, 1.54) is 12.1 Å². The number of hydrogen-bond donors (Lipinski definition) is 1. The topological polar surface area (TPSA) is 58.6 Å². The van der Waals surface area contributed by atoms with Crippen LogP contribution in [0.2, 0.25) is 0 Å². The molecule has 1 atom stereocenters. The Bertz CT molecular complexity index is 825. The quantitative estimate of drug-likeness (QED) is 0.851. The first kappa shape index (κ1) is 18.9. The predicted octanol–water partition coefficient (Wildman–Crippen LogP) is 2.97. The van der Waals surface area contributed by atoms with Gasteiger partial charge in [0.15, 0.2) is 0 Å². The van der Waals surface area contributed by atoms with Gasteiger partial charge < -0.3 is 15.0 Å². The fourth-order valence-corrected chi connectivity index (χ4v) is 3.32. The molecule has 1 saturated heterocycles. The van der Waals surface area contributed by atoms with Gasteiger partial charge in [0.05, 0.1) is 18.7 Å². The van der Waals surface area contributed by atoms with E-state index in [9.17, 15) is 14.0 Å². The molecule has 27 heavy (non-hydrogen) atoms. The van der Waals surface area contributed by atoms with E-state index in [1.807, 2.05) is 13.0 Å². The van der Waals surface area contributed by atoms with Gasteiger partial charge in [-0.05, 0) is 43.2 Å². The second kappa shape index (κ2) is 8.66. The minimum absolute atomic E-state index is 0.0742. The number of benzene rings is 2. The Morgan fingerprint density at radius 1 is 1.22 bits per heavy atom. The number of carbonyl (C=O) groups excluding carboxylic acids is 2. The summed E-state index contributed by atoms with van der Waals surface area (Å²) in [5.74, 6) is -0.127. The Kier molecular flexibility index (Phi) is 6.06. The molecule has 1 heterocycles. The zero-order valence-electron chi connectivity index (χ0n) is 15.3. The van der Waals surface area contributed by atoms with Crippen LogP contribution in [0, 0.1) is 5.82 Å². The van der Waals surface area contributed by atoms with Crippen LogP contribution in [-0.2, 0) is 4.79 Å². The molecule has 0 aromatic heterocycles. The molecule has 0 radical (unpaired) electrons. The summed E-state index contributed by atoms with van der Waals surface area (Å²) in [6.45, 7) is 3.37. The molecular formula is C21H23FN2O3. The minimum Gasteiger partial charge on any atom is -0.493 e. The SMILES string of the molecule is CCOc1ccccc1C(=O)NCC(=O)N1CC[C@H](c2cccc(F)c2)C1. The van der Waals surface area contributed by atoms with Crippen LogP contribution in [0.15, 0.2) is 48.5 Å². The van der Waals surface area contributed by atoms with Gasteiger partial charge in [-0.15, -0.1) is 0 Å².